The van der Waals surface area contributed by atoms with Gasteiger partial charge in [-0.2, -0.15) is 0 Å². The van der Waals surface area contributed by atoms with Gasteiger partial charge in [0, 0.05) is 36.4 Å². The zero-order valence-corrected chi connectivity index (χ0v) is 25.6. The molecule has 0 spiro atoms. The van der Waals surface area contributed by atoms with Crippen LogP contribution < -0.4 is 10.1 Å². The third-order valence-corrected chi connectivity index (χ3v) is 9.08. The molecule has 0 bridgehead atoms. The fourth-order valence-corrected chi connectivity index (χ4v) is 6.00. The number of carboxylic acids is 1. The molecule has 0 aromatic heterocycles. The lowest BCUT2D eigenvalue weighted by Crippen LogP contribution is -2.48. The van der Waals surface area contributed by atoms with Crippen LogP contribution in [0.15, 0.2) is 71.6 Å². The lowest BCUT2D eigenvalue weighted by molar-refractivity contribution is -0.142. The largest absolute Gasteiger partial charge is 0.497 e. The van der Waals surface area contributed by atoms with Crippen molar-refractivity contribution in [2.45, 2.75) is 30.2 Å². The van der Waals surface area contributed by atoms with E-state index in [1.54, 1.807) is 18.1 Å². The number of thioether (sulfide) groups is 1. The van der Waals surface area contributed by atoms with Gasteiger partial charge in [0.15, 0.2) is 0 Å². The highest BCUT2D eigenvalue weighted by Gasteiger charge is 2.29. The Kier molecular flexibility index (Phi) is 11.0. The Morgan fingerprint density at radius 3 is 2.40 bits per heavy atom. The summed E-state index contributed by atoms with van der Waals surface area (Å²) in [6, 6.07) is 17.9. The van der Waals surface area contributed by atoms with Crippen molar-refractivity contribution in [1.29, 1.82) is 0 Å². The van der Waals surface area contributed by atoms with Gasteiger partial charge in [-0.3, -0.25) is 9.59 Å². The van der Waals surface area contributed by atoms with Crippen molar-refractivity contribution in [2.24, 2.45) is 5.92 Å². The van der Waals surface area contributed by atoms with Gasteiger partial charge < -0.3 is 20.1 Å². The molecule has 2 amide bonds. The minimum Gasteiger partial charge on any atom is -0.497 e. The van der Waals surface area contributed by atoms with Gasteiger partial charge in [-0.25, -0.2) is 4.79 Å². The molecule has 1 heterocycles. The van der Waals surface area contributed by atoms with Crippen LogP contribution in [-0.4, -0.2) is 60.3 Å². The zero-order valence-electron chi connectivity index (χ0n) is 23.3. The minimum absolute atomic E-state index is 0.159. The number of hydrogen-bond donors (Lipinski definition) is 2. The number of halogens is 2. The Labute approximate surface area is 259 Å². The normalized spacial score (nSPS) is 14.5. The molecule has 1 aliphatic heterocycles. The maximum Gasteiger partial charge on any atom is 0.326 e. The lowest BCUT2D eigenvalue weighted by atomic mass is 9.94. The van der Waals surface area contributed by atoms with Crippen LogP contribution in [0.5, 0.6) is 5.75 Å². The number of carbonyl (C=O) groups excluding carboxylic acids is 2. The molecule has 220 valence electrons. The SMILES string of the molecule is COc1cccc(-c2ccc(CC(NC(=O)C3CCN(C(=O)/C=C/c4ccc(SC)c(Cl)c4Cl)CC3)C(=O)O)cc2)c1. The first-order valence-corrected chi connectivity index (χ1v) is 15.4. The van der Waals surface area contributed by atoms with Gasteiger partial charge in [-0.05, 0) is 65.6 Å². The number of likely N-dealkylation sites (tertiary alicyclic amines) is 1. The third-order valence-electron chi connectivity index (χ3n) is 7.29. The summed E-state index contributed by atoms with van der Waals surface area (Å²) in [5, 5.41) is 13.4. The highest BCUT2D eigenvalue weighted by atomic mass is 35.5. The summed E-state index contributed by atoms with van der Waals surface area (Å²) >= 11 is 14.1. The molecule has 3 aromatic carbocycles. The van der Waals surface area contributed by atoms with Crippen LogP contribution in [0.1, 0.15) is 24.0 Å². The molecule has 1 fully saturated rings. The Balaban J connectivity index is 1.30. The molecule has 3 aromatic rings. The molecular weight excluding hydrogens is 595 g/mol. The van der Waals surface area contributed by atoms with Crippen molar-refractivity contribution in [3.63, 3.8) is 0 Å². The first-order valence-electron chi connectivity index (χ1n) is 13.5. The van der Waals surface area contributed by atoms with Crippen molar-refractivity contribution < 1.29 is 24.2 Å². The molecule has 7 nitrogen and oxygen atoms in total. The number of methoxy groups -OCH3 is 1. The zero-order chi connectivity index (χ0) is 30.2. The summed E-state index contributed by atoms with van der Waals surface area (Å²) in [7, 11) is 1.62. The van der Waals surface area contributed by atoms with Crippen LogP contribution in [-0.2, 0) is 20.8 Å². The van der Waals surface area contributed by atoms with E-state index in [1.807, 2.05) is 66.9 Å². The van der Waals surface area contributed by atoms with Crippen molar-refractivity contribution >= 4 is 58.8 Å². The molecule has 2 N–H and O–H groups in total. The average molecular weight is 628 g/mol. The van der Waals surface area contributed by atoms with Crippen molar-refractivity contribution in [3.8, 4) is 16.9 Å². The van der Waals surface area contributed by atoms with Crippen LogP contribution in [0.4, 0.5) is 0 Å². The smallest absolute Gasteiger partial charge is 0.326 e. The molecular formula is C32H32Cl2N2O5S. The number of hydrogen-bond acceptors (Lipinski definition) is 5. The molecule has 4 rings (SSSR count). The molecule has 0 radical (unpaired) electrons. The number of carboxylic acid groups (broad SMARTS) is 1. The van der Waals surface area contributed by atoms with E-state index < -0.39 is 12.0 Å². The van der Waals surface area contributed by atoms with E-state index >= 15 is 0 Å². The van der Waals surface area contributed by atoms with E-state index in [0.29, 0.717) is 41.5 Å². The second-order valence-corrected chi connectivity index (χ2v) is 11.6. The fraction of sp³-hybridized carbons (Fsp3) is 0.281. The lowest BCUT2D eigenvalue weighted by Gasteiger charge is -2.31. The Morgan fingerprint density at radius 2 is 1.76 bits per heavy atom. The Hall–Kier alpha value is -3.46. The number of benzene rings is 3. The molecule has 10 heteroatoms. The van der Waals surface area contributed by atoms with Crippen molar-refractivity contribution in [3.05, 3.63) is 87.9 Å². The summed E-state index contributed by atoms with van der Waals surface area (Å²) in [5.41, 5.74) is 3.41. The number of nitrogens with one attached hydrogen (secondary N) is 1. The molecule has 0 saturated carbocycles. The predicted molar refractivity (Wildman–Crippen MR) is 168 cm³/mol. The van der Waals surface area contributed by atoms with E-state index in [4.69, 9.17) is 27.9 Å². The number of amides is 2. The monoisotopic (exact) mass is 626 g/mol. The van der Waals surface area contributed by atoms with E-state index in [2.05, 4.69) is 5.32 Å². The van der Waals surface area contributed by atoms with Gasteiger partial charge in [0.05, 0.1) is 17.2 Å². The average Bonchev–Trinajstić information content (AvgIpc) is 3.01. The van der Waals surface area contributed by atoms with Crippen LogP contribution in [0.3, 0.4) is 0 Å². The van der Waals surface area contributed by atoms with Crippen molar-refractivity contribution in [2.75, 3.05) is 26.5 Å². The third kappa shape index (κ3) is 7.88. The first-order chi connectivity index (χ1) is 20.2. The van der Waals surface area contributed by atoms with Crippen molar-refractivity contribution in [1.82, 2.24) is 10.2 Å². The summed E-state index contributed by atoms with van der Waals surface area (Å²) in [5.74, 6) is -1.21. The summed E-state index contributed by atoms with van der Waals surface area (Å²) < 4.78 is 5.29. The summed E-state index contributed by atoms with van der Waals surface area (Å²) in [6.07, 6.45) is 6.05. The molecule has 0 aliphatic carbocycles. The second kappa shape index (κ2) is 14.6. The number of piperidine rings is 1. The number of carbonyl (C=O) groups is 3. The standard InChI is InChI=1S/C32H32Cl2N2O5S/c1-41-25-5-3-4-24(19-25)21-8-6-20(7-9-21)18-26(32(39)40)35-31(38)23-14-16-36(17-15-23)28(37)13-11-22-10-12-27(42-2)30(34)29(22)33/h3-13,19,23,26H,14-18H2,1-2H3,(H,35,38)(H,39,40)/b13-11+. The van der Waals surface area contributed by atoms with Gasteiger partial charge >= 0.3 is 5.97 Å². The molecule has 1 atom stereocenters. The number of nitrogens with zero attached hydrogens (tertiary/aromatic N) is 1. The Bertz CT molecular complexity index is 1470. The minimum atomic E-state index is -1.10. The van der Waals surface area contributed by atoms with E-state index in [1.165, 1.54) is 17.8 Å². The molecule has 1 aliphatic rings. The fourth-order valence-electron chi connectivity index (χ4n) is 4.82. The van der Waals surface area contributed by atoms with Gasteiger partial charge in [0.25, 0.3) is 0 Å². The van der Waals surface area contributed by atoms with Gasteiger partial charge in [0.2, 0.25) is 11.8 Å². The molecule has 1 saturated heterocycles. The van der Waals surface area contributed by atoms with Gasteiger partial charge in [-0.1, -0.05) is 65.7 Å². The highest BCUT2D eigenvalue weighted by molar-refractivity contribution is 7.98. The van der Waals surface area contributed by atoms with Gasteiger partial charge in [0.1, 0.15) is 11.8 Å². The Morgan fingerprint density at radius 1 is 1.05 bits per heavy atom. The van der Waals surface area contributed by atoms with Gasteiger partial charge in [-0.15, -0.1) is 11.8 Å². The molecule has 1 unspecified atom stereocenters. The number of rotatable bonds is 10. The van der Waals surface area contributed by atoms with Crippen LogP contribution >= 0.6 is 35.0 Å². The van der Waals surface area contributed by atoms with Crippen LogP contribution in [0.2, 0.25) is 10.0 Å². The van der Waals surface area contributed by atoms with Crippen LogP contribution in [0.25, 0.3) is 17.2 Å². The quantitative estimate of drug-likeness (QED) is 0.198. The highest BCUT2D eigenvalue weighted by Crippen LogP contribution is 2.35. The van der Waals surface area contributed by atoms with Crippen LogP contribution in [0, 0.1) is 5.92 Å². The first kappa shape index (κ1) is 31.5. The maximum atomic E-state index is 13.0. The van der Waals surface area contributed by atoms with E-state index in [0.717, 1.165) is 27.3 Å². The predicted octanol–water partition coefficient (Wildman–Crippen LogP) is 6.45. The summed E-state index contributed by atoms with van der Waals surface area (Å²) in [4.78, 5) is 40.3. The topological polar surface area (TPSA) is 95.9 Å². The summed E-state index contributed by atoms with van der Waals surface area (Å²) in [6.45, 7) is 0.787. The van der Waals surface area contributed by atoms with E-state index in [-0.39, 0.29) is 24.2 Å². The number of aliphatic carboxylic acids is 1. The molecule has 42 heavy (non-hydrogen) atoms. The maximum absolute atomic E-state index is 13.0. The number of ether oxygens (including phenoxy) is 1. The second-order valence-electron chi connectivity index (χ2n) is 9.95. The van der Waals surface area contributed by atoms with E-state index in [9.17, 15) is 19.5 Å².